The first-order valence-electron chi connectivity index (χ1n) is 9.38. The van der Waals surface area contributed by atoms with Gasteiger partial charge in [-0.15, -0.1) is 0 Å². The van der Waals surface area contributed by atoms with Crippen LogP contribution in [0.5, 0.6) is 0 Å². The molecule has 1 aliphatic rings. The minimum Gasteiger partial charge on any atom is -0.325 e. The van der Waals surface area contributed by atoms with Gasteiger partial charge in [-0.05, 0) is 56.3 Å². The molecule has 0 aliphatic carbocycles. The van der Waals surface area contributed by atoms with Crippen molar-refractivity contribution in [1.29, 1.82) is 0 Å². The Labute approximate surface area is 181 Å². The summed E-state index contributed by atoms with van der Waals surface area (Å²) in [6, 6.07) is 13.2. The van der Waals surface area contributed by atoms with Crippen LogP contribution < -0.4 is 10.0 Å². The van der Waals surface area contributed by atoms with Gasteiger partial charge in [0.1, 0.15) is 0 Å². The van der Waals surface area contributed by atoms with Crippen molar-refractivity contribution in [2.75, 3.05) is 25.0 Å². The summed E-state index contributed by atoms with van der Waals surface area (Å²) in [7, 11) is -3.50. The lowest BCUT2D eigenvalue weighted by atomic mass is 10.1. The van der Waals surface area contributed by atoms with Gasteiger partial charge in [0.25, 0.3) is 0 Å². The molecule has 2 N–H and O–H groups in total. The fraction of sp³-hybridized carbons (Fsp3) is 0.350. The minimum atomic E-state index is -3.50. The Morgan fingerprint density at radius 3 is 2.45 bits per heavy atom. The number of nitrogens with zero attached hydrogens (tertiary/aromatic N) is 1. The van der Waals surface area contributed by atoms with Gasteiger partial charge in [0.15, 0.2) is 0 Å². The molecule has 1 heterocycles. The van der Waals surface area contributed by atoms with Gasteiger partial charge in [-0.25, -0.2) is 13.1 Å². The molecule has 6 nitrogen and oxygen atoms in total. The van der Waals surface area contributed by atoms with Gasteiger partial charge in [0.2, 0.25) is 15.9 Å². The van der Waals surface area contributed by atoms with E-state index < -0.39 is 10.0 Å². The number of piperidine rings is 1. The van der Waals surface area contributed by atoms with E-state index in [4.69, 9.17) is 23.2 Å². The Morgan fingerprint density at radius 2 is 1.76 bits per heavy atom. The molecule has 1 fully saturated rings. The molecule has 0 bridgehead atoms. The number of hydrogen-bond donors (Lipinski definition) is 2. The standard InChI is InChI=1S/C20H23Cl2N3O3S/c21-15-6-7-18(22)19(14-15)23-20(26)10-13-25-11-8-16(9-12-25)24-29(27,28)17-4-2-1-3-5-17/h1-7,14,16,24H,8-13H2,(H,23,26). The normalized spacial score (nSPS) is 15.9. The molecule has 0 spiro atoms. The second-order valence-electron chi connectivity index (χ2n) is 6.97. The molecule has 9 heteroatoms. The molecule has 156 valence electrons. The number of rotatable bonds is 7. The van der Waals surface area contributed by atoms with Crippen LogP contribution in [0.25, 0.3) is 0 Å². The molecule has 0 unspecified atom stereocenters. The molecule has 2 aromatic carbocycles. The largest absolute Gasteiger partial charge is 0.325 e. The minimum absolute atomic E-state index is 0.101. The number of likely N-dealkylation sites (tertiary alicyclic amines) is 1. The molecular formula is C20H23Cl2N3O3S. The highest BCUT2D eigenvalue weighted by atomic mass is 35.5. The third-order valence-electron chi connectivity index (χ3n) is 4.82. The molecule has 2 aromatic rings. The van der Waals surface area contributed by atoms with Crippen molar-refractivity contribution in [3.63, 3.8) is 0 Å². The molecule has 3 rings (SSSR count). The van der Waals surface area contributed by atoms with Crippen molar-refractivity contribution >= 4 is 44.8 Å². The molecular weight excluding hydrogens is 433 g/mol. The lowest BCUT2D eigenvalue weighted by Crippen LogP contribution is -2.45. The van der Waals surface area contributed by atoms with Crippen LogP contribution in [0.15, 0.2) is 53.4 Å². The van der Waals surface area contributed by atoms with E-state index in [1.54, 1.807) is 48.5 Å². The Hall–Kier alpha value is -1.64. The van der Waals surface area contributed by atoms with Crippen LogP contribution in [-0.4, -0.2) is 44.9 Å². The summed E-state index contributed by atoms with van der Waals surface area (Å²) < 4.78 is 27.6. The third kappa shape index (κ3) is 6.42. The average Bonchev–Trinajstić information content (AvgIpc) is 2.71. The zero-order chi connectivity index (χ0) is 20.9. The number of benzene rings is 2. The fourth-order valence-electron chi connectivity index (χ4n) is 3.23. The summed E-state index contributed by atoms with van der Waals surface area (Å²) in [5.74, 6) is -0.138. The van der Waals surface area contributed by atoms with E-state index in [0.717, 1.165) is 13.1 Å². The third-order valence-corrected chi connectivity index (χ3v) is 6.92. The summed E-state index contributed by atoms with van der Waals surface area (Å²) in [5, 5.41) is 3.72. The number of amides is 1. The van der Waals surface area contributed by atoms with E-state index in [1.807, 2.05) is 0 Å². The van der Waals surface area contributed by atoms with Crippen LogP contribution in [-0.2, 0) is 14.8 Å². The van der Waals surface area contributed by atoms with Crippen LogP contribution in [0.4, 0.5) is 5.69 Å². The maximum Gasteiger partial charge on any atom is 0.240 e. The number of carbonyl (C=O) groups is 1. The lowest BCUT2D eigenvalue weighted by Gasteiger charge is -2.32. The number of anilines is 1. The van der Waals surface area contributed by atoms with Crippen LogP contribution in [0.2, 0.25) is 10.0 Å². The van der Waals surface area contributed by atoms with E-state index in [1.165, 1.54) is 0 Å². The van der Waals surface area contributed by atoms with Gasteiger partial charge in [-0.3, -0.25) is 4.79 Å². The fourth-order valence-corrected chi connectivity index (χ4v) is 4.89. The second kappa shape index (κ2) is 9.91. The van der Waals surface area contributed by atoms with Gasteiger partial charge >= 0.3 is 0 Å². The Morgan fingerprint density at radius 1 is 1.07 bits per heavy atom. The van der Waals surface area contributed by atoms with Crippen molar-refractivity contribution in [3.8, 4) is 0 Å². The van der Waals surface area contributed by atoms with E-state index in [-0.39, 0.29) is 16.8 Å². The summed E-state index contributed by atoms with van der Waals surface area (Å²) in [6.07, 6.45) is 1.73. The molecule has 0 radical (unpaired) electrons. The number of nitrogens with one attached hydrogen (secondary N) is 2. The predicted octanol–water partition coefficient (Wildman–Crippen LogP) is 3.76. The van der Waals surface area contributed by atoms with Crippen molar-refractivity contribution in [1.82, 2.24) is 9.62 Å². The molecule has 0 atom stereocenters. The molecule has 1 saturated heterocycles. The van der Waals surface area contributed by atoms with Crippen LogP contribution >= 0.6 is 23.2 Å². The zero-order valence-corrected chi connectivity index (χ0v) is 18.1. The molecule has 1 aliphatic heterocycles. The Bertz CT molecular complexity index is 947. The highest BCUT2D eigenvalue weighted by Gasteiger charge is 2.24. The first-order chi connectivity index (χ1) is 13.8. The van der Waals surface area contributed by atoms with E-state index in [0.29, 0.717) is 41.5 Å². The molecule has 0 saturated carbocycles. The quantitative estimate of drug-likeness (QED) is 0.665. The number of sulfonamides is 1. The number of hydrogen-bond acceptors (Lipinski definition) is 4. The summed E-state index contributed by atoms with van der Waals surface area (Å²) in [4.78, 5) is 14.6. The van der Waals surface area contributed by atoms with Crippen molar-refractivity contribution in [2.24, 2.45) is 0 Å². The van der Waals surface area contributed by atoms with Gasteiger partial charge in [-0.2, -0.15) is 0 Å². The first kappa shape index (κ1) is 22.1. The van der Waals surface area contributed by atoms with Crippen LogP contribution in [0.1, 0.15) is 19.3 Å². The maximum atomic E-state index is 12.4. The van der Waals surface area contributed by atoms with E-state index >= 15 is 0 Å². The summed E-state index contributed by atoms with van der Waals surface area (Å²) in [5.41, 5.74) is 0.498. The molecule has 29 heavy (non-hydrogen) atoms. The molecule has 1 amide bonds. The predicted molar refractivity (Wildman–Crippen MR) is 116 cm³/mol. The zero-order valence-electron chi connectivity index (χ0n) is 15.8. The highest BCUT2D eigenvalue weighted by Crippen LogP contribution is 2.25. The van der Waals surface area contributed by atoms with E-state index in [2.05, 4.69) is 14.9 Å². The van der Waals surface area contributed by atoms with Gasteiger partial charge in [0.05, 0.1) is 15.6 Å². The average molecular weight is 456 g/mol. The van der Waals surface area contributed by atoms with E-state index in [9.17, 15) is 13.2 Å². The van der Waals surface area contributed by atoms with Crippen molar-refractivity contribution in [2.45, 2.75) is 30.2 Å². The summed E-state index contributed by atoms with van der Waals surface area (Å²) in [6.45, 7) is 2.06. The lowest BCUT2D eigenvalue weighted by molar-refractivity contribution is -0.116. The van der Waals surface area contributed by atoms with Gasteiger partial charge < -0.3 is 10.2 Å². The Kier molecular flexibility index (Phi) is 7.54. The smallest absolute Gasteiger partial charge is 0.240 e. The molecule has 0 aromatic heterocycles. The number of halogens is 2. The second-order valence-corrected chi connectivity index (χ2v) is 9.53. The van der Waals surface area contributed by atoms with Crippen molar-refractivity contribution < 1.29 is 13.2 Å². The topological polar surface area (TPSA) is 78.5 Å². The van der Waals surface area contributed by atoms with Gasteiger partial charge in [-0.1, -0.05) is 41.4 Å². The monoisotopic (exact) mass is 455 g/mol. The number of carbonyl (C=O) groups excluding carboxylic acids is 1. The van der Waals surface area contributed by atoms with Crippen LogP contribution in [0, 0.1) is 0 Å². The summed E-state index contributed by atoms with van der Waals surface area (Å²) >= 11 is 12.0. The SMILES string of the molecule is O=C(CCN1CCC(NS(=O)(=O)c2ccccc2)CC1)Nc1cc(Cl)ccc1Cl. The Balaban J connectivity index is 1.43. The highest BCUT2D eigenvalue weighted by molar-refractivity contribution is 7.89. The first-order valence-corrected chi connectivity index (χ1v) is 11.6. The maximum absolute atomic E-state index is 12.4. The van der Waals surface area contributed by atoms with Gasteiger partial charge in [0, 0.05) is 24.0 Å². The van der Waals surface area contributed by atoms with Crippen molar-refractivity contribution in [3.05, 3.63) is 58.6 Å². The van der Waals surface area contributed by atoms with Crippen LogP contribution in [0.3, 0.4) is 0 Å².